The van der Waals surface area contributed by atoms with Gasteiger partial charge in [0.15, 0.2) is 0 Å². The van der Waals surface area contributed by atoms with Gasteiger partial charge in [0.2, 0.25) is 5.91 Å². The van der Waals surface area contributed by atoms with Crippen LogP contribution in [0.1, 0.15) is 52.4 Å². The number of nitrogens with one attached hydrogen (secondary N) is 2. The molecule has 2 unspecified atom stereocenters. The molecule has 0 bridgehead atoms. The summed E-state index contributed by atoms with van der Waals surface area (Å²) in [5.41, 5.74) is 0. The van der Waals surface area contributed by atoms with Gasteiger partial charge in [0.05, 0.1) is 0 Å². The van der Waals surface area contributed by atoms with Gasteiger partial charge in [-0.3, -0.25) is 10.1 Å². The van der Waals surface area contributed by atoms with Gasteiger partial charge in [-0.05, 0) is 32.1 Å². The Hall–Kier alpha value is -0.770. The highest BCUT2D eigenvalue weighted by atomic mass is 35.5. The normalized spacial score (nSPS) is 19.9. The maximum absolute atomic E-state index is 11.7. The minimum absolute atomic E-state index is 0.156. The number of rotatable bonds is 4. The van der Waals surface area contributed by atoms with Crippen LogP contribution in [-0.2, 0) is 4.79 Å². The maximum atomic E-state index is 11.7. The Labute approximate surface area is 114 Å². The van der Waals surface area contributed by atoms with Gasteiger partial charge in [-0.25, -0.2) is 4.79 Å². The van der Waals surface area contributed by atoms with Crippen molar-refractivity contribution < 1.29 is 9.59 Å². The van der Waals surface area contributed by atoms with Gasteiger partial charge in [0, 0.05) is 6.04 Å². The number of hydrogen-bond acceptors (Lipinski definition) is 2. The van der Waals surface area contributed by atoms with Crippen molar-refractivity contribution in [3.8, 4) is 0 Å². The largest absolute Gasteiger partial charge is 0.335 e. The van der Waals surface area contributed by atoms with Crippen LogP contribution in [0.2, 0.25) is 0 Å². The van der Waals surface area contributed by atoms with Gasteiger partial charge in [-0.1, -0.05) is 26.2 Å². The van der Waals surface area contributed by atoms with E-state index in [0.29, 0.717) is 5.92 Å². The summed E-state index contributed by atoms with van der Waals surface area (Å²) in [4.78, 5) is 23.0. The van der Waals surface area contributed by atoms with Crippen molar-refractivity contribution in [2.75, 3.05) is 0 Å². The Kier molecular flexibility index (Phi) is 6.47. The average Bonchev–Trinajstić information content (AvgIpc) is 2.36. The lowest BCUT2D eigenvalue weighted by Crippen LogP contribution is -2.48. The Morgan fingerprint density at radius 3 is 2.39 bits per heavy atom. The number of amides is 3. The molecule has 18 heavy (non-hydrogen) atoms. The number of carbonyl (C=O) groups excluding carboxylic acids is 2. The number of carbonyl (C=O) groups is 2. The molecule has 3 amide bonds. The van der Waals surface area contributed by atoms with E-state index in [-0.39, 0.29) is 6.04 Å². The van der Waals surface area contributed by atoms with Gasteiger partial charge in [0.25, 0.3) is 0 Å². The third-order valence-electron chi connectivity index (χ3n) is 3.57. The topological polar surface area (TPSA) is 58.2 Å². The molecule has 1 saturated carbocycles. The zero-order valence-corrected chi connectivity index (χ0v) is 11.9. The van der Waals surface area contributed by atoms with Crippen molar-refractivity contribution in [1.82, 2.24) is 10.6 Å². The zero-order valence-electron chi connectivity index (χ0n) is 11.2. The van der Waals surface area contributed by atoms with Gasteiger partial charge in [-0.2, -0.15) is 0 Å². The van der Waals surface area contributed by atoms with Crippen molar-refractivity contribution >= 4 is 23.5 Å². The van der Waals surface area contributed by atoms with Crippen LogP contribution in [0.3, 0.4) is 0 Å². The maximum Gasteiger partial charge on any atom is 0.321 e. The fourth-order valence-corrected chi connectivity index (χ4v) is 2.56. The van der Waals surface area contributed by atoms with E-state index in [2.05, 4.69) is 17.6 Å². The lowest BCUT2D eigenvalue weighted by molar-refractivity contribution is -0.119. The number of urea groups is 1. The molecule has 104 valence electrons. The number of imide groups is 1. The minimum atomic E-state index is -0.689. The molecular weight excluding hydrogens is 252 g/mol. The molecule has 0 heterocycles. The quantitative estimate of drug-likeness (QED) is 0.775. The first-order valence-electron chi connectivity index (χ1n) is 6.80. The lowest BCUT2D eigenvalue weighted by atomic mass is 9.83. The monoisotopic (exact) mass is 274 g/mol. The summed E-state index contributed by atoms with van der Waals surface area (Å²) >= 11 is 5.60. The van der Waals surface area contributed by atoms with Gasteiger partial charge in [-0.15, -0.1) is 11.6 Å². The molecule has 0 aromatic heterocycles. The van der Waals surface area contributed by atoms with Crippen molar-refractivity contribution in [3.63, 3.8) is 0 Å². The standard InChI is InChI=1S/C13H23ClN2O2/c1-3-11(10-7-5-4-6-8-10)15-13(18)16-12(17)9(2)14/h9-11H,3-8H2,1-2H3,(H2,15,16,17,18). The number of hydrogen-bond donors (Lipinski definition) is 2. The Balaban J connectivity index is 2.42. The number of alkyl halides is 1. The average molecular weight is 275 g/mol. The van der Waals surface area contributed by atoms with Crippen LogP contribution >= 0.6 is 11.6 Å². The molecule has 0 aromatic carbocycles. The molecule has 0 saturated heterocycles. The molecule has 1 rings (SSSR count). The summed E-state index contributed by atoms with van der Waals surface area (Å²) in [6.45, 7) is 3.61. The van der Waals surface area contributed by atoms with E-state index >= 15 is 0 Å². The molecule has 1 fully saturated rings. The Morgan fingerprint density at radius 1 is 1.28 bits per heavy atom. The van der Waals surface area contributed by atoms with Crippen LogP contribution in [0.25, 0.3) is 0 Å². The molecule has 1 aliphatic rings. The molecule has 0 spiro atoms. The fraction of sp³-hybridized carbons (Fsp3) is 0.846. The Bertz CT molecular complexity index is 289. The molecule has 2 atom stereocenters. The summed E-state index contributed by atoms with van der Waals surface area (Å²) in [6, 6.07) is -0.270. The van der Waals surface area contributed by atoms with Gasteiger partial charge < -0.3 is 5.32 Å². The number of halogens is 1. The second kappa shape index (κ2) is 7.62. The first-order chi connectivity index (χ1) is 8.54. The highest BCUT2D eigenvalue weighted by molar-refractivity contribution is 6.31. The van der Waals surface area contributed by atoms with E-state index in [9.17, 15) is 9.59 Å². The van der Waals surface area contributed by atoms with Gasteiger partial charge in [0.1, 0.15) is 5.38 Å². The fourth-order valence-electron chi connectivity index (χ4n) is 2.51. The molecule has 5 heteroatoms. The summed E-state index contributed by atoms with van der Waals surface area (Å²) in [5, 5.41) is 4.47. The lowest BCUT2D eigenvalue weighted by Gasteiger charge is -2.30. The zero-order chi connectivity index (χ0) is 13.5. The molecule has 1 aliphatic carbocycles. The molecule has 0 aliphatic heterocycles. The van der Waals surface area contributed by atoms with Crippen molar-refractivity contribution in [2.24, 2.45) is 5.92 Å². The van der Waals surface area contributed by atoms with E-state index < -0.39 is 17.3 Å². The summed E-state index contributed by atoms with van der Waals surface area (Å²) in [5.74, 6) is 0.0886. The molecular formula is C13H23ClN2O2. The van der Waals surface area contributed by atoms with Crippen LogP contribution in [0, 0.1) is 5.92 Å². The summed E-state index contributed by atoms with van der Waals surface area (Å²) in [6.07, 6.45) is 6.99. The highest BCUT2D eigenvalue weighted by Crippen LogP contribution is 2.27. The van der Waals surface area contributed by atoms with Crippen LogP contribution in [0.5, 0.6) is 0 Å². The second-order valence-corrected chi connectivity index (χ2v) is 5.65. The third-order valence-corrected chi connectivity index (χ3v) is 3.77. The smallest absolute Gasteiger partial charge is 0.321 e. The second-order valence-electron chi connectivity index (χ2n) is 4.99. The molecule has 4 nitrogen and oxygen atoms in total. The van der Waals surface area contributed by atoms with Crippen molar-refractivity contribution in [2.45, 2.75) is 63.8 Å². The first kappa shape index (κ1) is 15.3. The van der Waals surface area contributed by atoms with E-state index in [0.717, 1.165) is 6.42 Å². The third kappa shape index (κ3) is 4.84. The van der Waals surface area contributed by atoms with E-state index in [1.165, 1.54) is 32.1 Å². The molecule has 2 N–H and O–H groups in total. The first-order valence-corrected chi connectivity index (χ1v) is 7.23. The van der Waals surface area contributed by atoms with Gasteiger partial charge >= 0.3 is 6.03 Å². The minimum Gasteiger partial charge on any atom is -0.335 e. The predicted molar refractivity (Wildman–Crippen MR) is 72.6 cm³/mol. The van der Waals surface area contributed by atoms with Crippen molar-refractivity contribution in [3.05, 3.63) is 0 Å². The van der Waals surface area contributed by atoms with Crippen LogP contribution in [0.15, 0.2) is 0 Å². The predicted octanol–water partition coefficient (Wildman–Crippen LogP) is 2.80. The van der Waals surface area contributed by atoms with E-state index in [1.807, 2.05) is 0 Å². The van der Waals surface area contributed by atoms with E-state index in [4.69, 9.17) is 11.6 Å². The van der Waals surface area contributed by atoms with Crippen molar-refractivity contribution in [1.29, 1.82) is 0 Å². The SMILES string of the molecule is CCC(NC(=O)NC(=O)C(C)Cl)C1CCCCC1. The molecule has 0 radical (unpaired) electrons. The summed E-state index contributed by atoms with van der Waals surface area (Å²) < 4.78 is 0. The van der Waals surface area contributed by atoms with Crippen LogP contribution < -0.4 is 10.6 Å². The van der Waals surface area contributed by atoms with Crippen LogP contribution in [-0.4, -0.2) is 23.4 Å². The van der Waals surface area contributed by atoms with Crippen LogP contribution in [0.4, 0.5) is 4.79 Å². The Morgan fingerprint density at radius 2 is 1.89 bits per heavy atom. The molecule has 0 aromatic rings. The van der Waals surface area contributed by atoms with E-state index in [1.54, 1.807) is 6.92 Å². The highest BCUT2D eigenvalue weighted by Gasteiger charge is 2.24. The summed E-state index contributed by atoms with van der Waals surface area (Å²) in [7, 11) is 0.